The molecule has 15 heteroatoms. The Morgan fingerprint density at radius 3 is 0.784 bits per heavy atom. The second kappa shape index (κ2) is 14.6. The molecule has 0 fully saturated rings. The Morgan fingerprint density at radius 2 is 0.529 bits per heavy atom. The largest absolute Gasteiger partial charge is 0.460 e. The molecular formula is C36H33N6O6P3. The van der Waals surface area contributed by atoms with Gasteiger partial charge in [-0.3, -0.25) is 0 Å². The van der Waals surface area contributed by atoms with Gasteiger partial charge in [0.05, 0.1) is 17.1 Å². The summed E-state index contributed by atoms with van der Waals surface area (Å²) in [5.41, 5.74) is 20.3. The average Bonchev–Trinajstić information content (AvgIpc) is 3.12. The van der Waals surface area contributed by atoms with E-state index in [-0.39, 0.29) is 17.2 Å². The fourth-order valence-corrected chi connectivity index (χ4v) is 13.8. The van der Waals surface area contributed by atoms with Crippen molar-refractivity contribution in [2.24, 2.45) is 13.5 Å². The molecule has 0 amide bonds. The quantitative estimate of drug-likeness (QED) is 0.0816. The van der Waals surface area contributed by atoms with Crippen LogP contribution in [0.25, 0.3) is 0 Å². The number of nitrogens with zero attached hydrogens (tertiary/aromatic N) is 3. The van der Waals surface area contributed by atoms with Crippen molar-refractivity contribution in [1.82, 2.24) is 0 Å². The van der Waals surface area contributed by atoms with Gasteiger partial charge in [-0.15, -0.1) is 0 Å². The molecule has 6 N–H and O–H groups in total. The summed E-state index contributed by atoms with van der Waals surface area (Å²) in [6.45, 7) is 0. The van der Waals surface area contributed by atoms with Crippen LogP contribution in [0.5, 0.6) is 34.5 Å². The molecule has 0 aliphatic carbocycles. The van der Waals surface area contributed by atoms with Gasteiger partial charge < -0.3 is 44.3 Å². The van der Waals surface area contributed by atoms with Crippen molar-refractivity contribution in [3.8, 4) is 34.5 Å². The van der Waals surface area contributed by atoms with Gasteiger partial charge in [0.2, 0.25) is 0 Å². The molecule has 0 saturated carbocycles. The Kier molecular flexibility index (Phi) is 9.64. The number of anilines is 3. The topological polar surface area (TPSA) is 171 Å². The predicted octanol–water partition coefficient (Wildman–Crippen LogP) is 11.1. The van der Waals surface area contributed by atoms with Crippen LogP contribution in [0, 0.1) is 0 Å². The van der Waals surface area contributed by atoms with Crippen molar-refractivity contribution in [3.63, 3.8) is 0 Å². The van der Waals surface area contributed by atoms with E-state index < -0.39 is 23.0 Å². The summed E-state index contributed by atoms with van der Waals surface area (Å²) in [5, 5.41) is 0. The molecule has 51 heavy (non-hydrogen) atoms. The van der Waals surface area contributed by atoms with Crippen LogP contribution in [0.2, 0.25) is 0 Å². The van der Waals surface area contributed by atoms with E-state index in [0.29, 0.717) is 34.3 Å². The zero-order valence-corrected chi connectivity index (χ0v) is 29.6. The van der Waals surface area contributed by atoms with Gasteiger partial charge in [0.25, 0.3) is 0 Å². The van der Waals surface area contributed by atoms with Crippen molar-refractivity contribution >= 4 is 40.0 Å². The van der Waals surface area contributed by atoms with Crippen molar-refractivity contribution in [1.29, 1.82) is 0 Å². The number of benzene rings is 6. The zero-order chi connectivity index (χ0) is 35.2. The molecule has 258 valence electrons. The van der Waals surface area contributed by atoms with E-state index in [1.54, 1.807) is 109 Å². The minimum Gasteiger partial charge on any atom is -0.413 e. The van der Waals surface area contributed by atoms with Gasteiger partial charge in [-0.1, -0.05) is 105 Å². The van der Waals surface area contributed by atoms with Gasteiger partial charge in [0.1, 0.15) is 17.2 Å². The lowest BCUT2D eigenvalue weighted by Gasteiger charge is -2.33. The molecule has 0 bridgehead atoms. The highest BCUT2D eigenvalue weighted by Gasteiger charge is 2.49. The Hall–Kier alpha value is -5.79. The van der Waals surface area contributed by atoms with Gasteiger partial charge in [0.15, 0.2) is 17.2 Å². The third kappa shape index (κ3) is 8.00. The van der Waals surface area contributed by atoms with Crippen LogP contribution in [0.15, 0.2) is 177 Å². The monoisotopic (exact) mass is 738 g/mol. The molecule has 0 aromatic heterocycles. The van der Waals surface area contributed by atoms with Crippen LogP contribution in [0.3, 0.4) is 0 Å². The standard InChI is InChI=1S/C36H33N6O6P3/c37-31-22-10-13-25-34(31)46-49(43-28-16-4-1-5-17-28)40-50(44-29-18-6-2-7-19-29,47-35-26-14-11-23-32(35)38)42-51(41-49,45-30-20-8-3-9-21-30)48-36-27-15-12-24-33(36)39/h1-27H,37-39H2. The van der Waals surface area contributed by atoms with E-state index in [2.05, 4.69) is 0 Å². The molecule has 0 radical (unpaired) electrons. The average molecular weight is 739 g/mol. The molecular weight excluding hydrogens is 705 g/mol. The maximum atomic E-state index is 6.74. The molecule has 1 aliphatic rings. The summed E-state index contributed by atoms with van der Waals surface area (Å²) in [5.74, 6) is 1.86. The van der Waals surface area contributed by atoms with Crippen molar-refractivity contribution < 1.29 is 27.1 Å². The minimum absolute atomic E-state index is 0.241. The Labute approximate surface area is 295 Å². The third-order valence-electron chi connectivity index (χ3n) is 6.99. The van der Waals surface area contributed by atoms with Crippen molar-refractivity contribution in [2.45, 2.75) is 0 Å². The first kappa shape index (κ1) is 33.7. The first-order valence-electron chi connectivity index (χ1n) is 15.6. The van der Waals surface area contributed by atoms with Crippen LogP contribution in [-0.2, 0) is 0 Å². The molecule has 0 saturated heterocycles. The van der Waals surface area contributed by atoms with Crippen LogP contribution in [0.1, 0.15) is 0 Å². The summed E-state index contributed by atoms with van der Waals surface area (Å²) in [4.78, 5) is 0. The smallest absolute Gasteiger partial charge is 0.413 e. The second-order valence-corrected chi connectivity index (χ2v) is 17.0. The normalized spacial score (nSPS) is 20.7. The fourth-order valence-electron chi connectivity index (χ4n) is 4.69. The molecule has 1 heterocycles. The minimum atomic E-state index is -4.09. The Bertz CT molecular complexity index is 2040. The molecule has 0 unspecified atom stereocenters. The van der Waals surface area contributed by atoms with E-state index in [9.17, 15) is 0 Å². The van der Waals surface area contributed by atoms with E-state index in [1.165, 1.54) is 0 Å². The fraction of sp³-hybridized carbons (Fsp3) is 0. The predicted molar refractivity (Wildman–Crippen MR) is 204 cm³/mol. The van der Waals surface area contributed by atoms with Crippen LogP contribution in [0.4, 0.5) is 17.1 Å². The third-order valence-corrected chi connectivity index (χ3v) is 15.1. The number of hydrogen-bond acceptors (Lipinski definition) is 12. The number of nitrogens with two attached hydrogens (primary N) is 3. The summed E-state index contributed by atoms with van der Waals surface area (Å²) in [6.07, 6.45) is 0. The molecule has 0 spiro atoms. The van der Waals surface area contributed by atoms with Gasteiger partial charge in [-0.05, 0) is 72.8 Å². The van der Waals surface area contributed by atoms with Crippen LogP contribution >= 0.6 is 23.0 Å². The van der Waals surface area contributed by atoms with Crippen LogP contribution in [-0.4, -0.2) is 0 Å². The number of rotatable bonds is 12. The molecule has 7 rings (SSSR count). The first-order valence-corrected chi connectivity index (χ1v) is 20.2. The van der Waals surface area contributed by atoms with Crippen molar-refractivity contribution in [2.75, 3.05) is 17.2 Å². The molecule has 0 atom stereocenters. The lowest BCUT2D eigenvalue weighted by Crippen LogP contribution is -2.12. The molecule has 1 aliphatic heterocycles. The highest BCUT2D eigenvalue weighted by molar-refractivity contribution is 7.79. The molecule has 6 aromatic carbocycles. The number of nitrogen functional groups attached to an aromatic ring is 3. The number of hydrogen-bond donors (Lipinski definition) is 3. The summed E-state index contributed by atoms with van der Waals surface area (Å²) >= 11 is 0. The molecule has 12 nitrogen and oxygen atoms in total. The second-order valence-electron chi connectivity index (χ2n) is 10.8. The lowest BCUT2D eigenvalue weighted by molar-refractivity contribution is 0.444. The summed E-state index contributed by atoms with van der Waals surface area (Å²) in [6, 6.07) is 47.7. The lowest BCUT2D eigenvalue weighted by atomic mass is 10.3. The van der Waals surface area contributed by atoms with E-state index >= 15 is 0 Å². The maximum Gasteiger partial charge on any atom is 0.460 e. The van der Waals surface area contributed by atoms with Gasteiger partial charge >= 0.3 is 23.0 Å². The van der Waals surface area contributed by atoms with Gasteiger partial charge in [-0.25, -0.2) is 0 Å². The van der Waals surface area contributed by atoms with E-state index in [0.717, 1.165) is 0 Å². The van der Waals surface area contributed by atoms with Crippen LogP contribution < -0.4 is 44.3 Å². The van der Waals surface area contributed by atoms with Gasteiger partial charge in [-0.2, -0.15) is 0 Å². The number of para-hydroxylation sites is 9. The van der Waals surface area contributed by atoms with Crippen molar-refractivity contribution in [3.05, 3.63) is 164 Å². The zero-order valence-electron chi connectivity index (χ0n) is 27.0. The SMILES string of the molecule is Nc1ccccc1OP1(Oc2ccccc2)=NP(Oc2ccccc2)(Oc2ccccc2N)=NP(Oc2ccccc2)(Oc2ccccc2N)=N1. The Morgan fingerprint density at radius 1 is 0.294 bits per heavy atom. The molecule has 6 aromatic rings. The maximum absolute atomic E-state index is 6.74. The Balaban J connectivity index is 1.59. The highest BCUT2D eigenvalue weighted by atomic mass is 31.3. The van der Waals surface area contributed by atoms with E-state index in [4.69, 9.17) is 57.9 Å². The highest BCUT2D eigenvalue weighted by Crippen LogP contribution is 2.79. The summed E-state index contributed by atoms with van der Waals surface area (Å²) < 4.78 is 55.8. The van der Waals surface area contributed by atoms with E-state index in [1.807, 2.05) is 54.6 Å². The van der Waals surface area contributed by atoms with Gasteiger partial charge in [0, 0.05) is 0 Å². The summed E-state index contributed by atoms with van der Waals surface area (Å²) in [7, 11) is -12.3. The first-order chi connectivity index (χ1) is 24.8.